The maximum Gasteiger partial charge on any atom is 0.269 e. The van der Waals surface area contributed by atoms with E-state index in [0.29, 0.717) is 12.0 Å². The average molecular weight is 470 g/mol. The first-order valence-corrected chi connectivity index (χ1v) is 11.9. The van der Waals surface area contributed by atoms with Crippen LogP contribution in [0, 0.1) is 0 Å². The van der Waals surface area contributed by atoms with Crippen LogP contribution in [0.15, 0.2) is 84.1 Å². The van der Waals surface area contributed by atoms with Crippen molar-refractivity contribution in [1.82, 2.24) is 25.8 Å². The highest BCUT2D eigenvalue weighted by Crippen LogP contribution is 2.23. The minimum Gasteiger partial charge on any atom is -0.361 e. The van der Waals surface area contributed by atoms with Gasteiger partial charge in [0, 0.05) is 34.8 Å². The Balaban J connectivity index is 1.09. The Hall–Kier alpha value is -4.04. The molecule has 0 radical (unpaired) electrons. The quantitative estimate of drug-likeness (QED) is 0.204. The van der Waals surface area contributed by atoms with Crippen molar-refractivity contribution in [1.29, 1.82) is 0 Å². The molecule has 0 fully saturated rings. The van der Waals surface area contributed by atoms with E-state index in [0.717, 1.165) is 44.0 Å². The molecule has 0 spiro atoms. The van der Waals surface area contributed by atoms with Gasteiger partial charge < -0.3 is 9.97 Å². The van der Waals surface area contributed by atoms with Crippen molar-refractivity contribution >= 4 is 45.5 Å². The Kier molecular flexibility index (Phi) is 6.31. The molecule has 0 saturated heterocycles. The molecule has 8 heteroatoms. The van der Waals surface area contributed by atoms with E-state index in [4.69, 9.17) is 0 Å². The Morgan fingerprint density at radius 3 is 2.47 bits per heavy atom. The lowest BCUT2D eigenvalue weighted by Gasteiger charge is -2.08. The van der Waals surface area contributed by atoms with E-state index in [1.165, 1.54) is 0 Å². The lowest BCUT2D eigenvalue weighted by Crippen LogP contribution is -2.41. The Labute approximate surface area is 200 Å². The van der Waals surface area contributed by atoms with Crippen molar-refractivity contribution < 1.29 is 9.59 Å². The first-order valence-electron chi connectivity index (χ1n) is 11.0. The second-order valence-corrected chi connectivity index (χ2v) is 8.87. The third-order valence-electron chi connectivity index (χ3n) is 5.57. The van der Waals surface area contributed by atoms with Gasteiger partial charge in [-0.25, -0.2) is 4.98 Å². The van der Waals surface area contributed by atoms with Crippen LogP contribution in [-0.2, 0) is 17.0 Å². The van der Waals surface area contributed by atoms with E-state index in [-0.39, 0.29) is 18.2 Å². The summed E-state index contributed by atoms with van der Waals surface area (Å²) in [6, 6.07) is 23.2. The van der Waals surface area contributed by atoms with Crippen LogP contribution in [0.4, 0.5) is 0 Å². The van der Waals surface area contributed by atoms with E-state index >= 15 is 0 Å². The predicted molar refractivity (Wildman–Crippen MR) is 134 cm³/mol. The number of hydrogen-bond donors (Lipinski definition) is 4. The molecule has 2 heterocycles. The van der Waals surface area contributed by atoms with E-state index in [2.05, 4.69) is 25.8 Å². The Morgan fingerprint density at radius 2 is 1.65 bits per heavy atom. The van der Waals surface area contributed by atoms with E-state index in [9.17, 15) is 9.59 Å². The number of hydrazine groups is 1. The van der Waals surface area contributed by atoms with Gasteiger partial charge in [0.15, 0.2) is 5.16 Å². The number of carbonyl (C=O) groups excluding carboxylic acids is 2. The van der Waals surface area contributed by atoms with Crippen LogP contribution < -0.4 is 10.9 Å². The summed E-state index contributed by atoms with van der Waals surface area (Å²) in [5, 5.41) is 1.97. The zero-order valence-corrected chi connectivity index (χ0v) is 19.1. The standard InChI is InChI=1S/C26H23N5O2S/c32-24(14-13-19-15-27-21-6-2-1-5-20(19)21)30-31-25(33)18-11-9-17(10-12-18)16-34-26-28-22-7-3-4-8-23(22)29-26/h1-12,15,27H,13-14,16H2,(H,28,29)(H,30,32)(H,31,33). The normalized spacial score (nSPS) is 11.1. The molecule has 4 N–H and O–H groups in total. The second kappa shape index (κ2) is 9.84. The number of amides is 2. The first-order chi connectivity index (χ1) is 16.7. The van der Waals surface area contributed by atoms with Crippen molar-refractivity contribution in [2.45, 2.75) is 23.8 Å². The maximum absolute atomic E-state index is 12.4. The van der Waals surface area contributed by atoms with Gasteiger partial charge in [-0.05, 0) is 47.9 Å². The lowest BCUT2D eigenvalue weighted by molar-refractivity contribution is -0.121. The number of thioether (sulfide) groups is 1. The average Bonchev–Trinajstić information content (AvgIpc) is 3.49. The number of para-hydroxylation sites is 3. The van der Waals surface area contributed by atoms with Crippen molar-refractivity contribution in [3.63, 3.8) is 0 Å². The topological polar surface area (TPSA) is 103 Å². The SMILES string of the molecule is O=C(CCc1c[nH]c2ccccc12)NNC(=O)c1ccc(CSc2nc3ccccc3[nH]2)cc1. The highest BCUT2D eigenvalue weighted by atomic mass is 32.2. The summed E-state index contributed by atoms with van der Waals surface area (Å²) >= 11 is 1.61. The maximum atomic E-state index is 12.4. The molecule has 0 saturated carbocycles. The van der Waals surface area contributed by atoms with Crippen LogP contribution in [0.1, 0.15) is 27.9 Å². The molecule has 7 nitrogen and oxygen atoms in total. The number of aryl methyl sites for hydroxylation is 1. The van der Waals surface area contributed by atoms with Gasteiger partial charge in [-0.15, -0.1) is 0 Å². The summed E-state index contributed by atoms with van der Waals surface area (Å²) < 4.78 is 0. The van der Waals surface area contributed by atoms with Crippen LogP contribution in [0.3, 0.4) is 0 Å². The zero-order valence-electron chi connectivity index (χ0n) is 18.3. The fourth-order valence-corrected chi connectivity index (χ4v) is 4.59. The third kappa shape index (κ3) is 4.97. The summed E-state index contributed by atoms with van der Waals surface area (Å²) in [4.78, 5) is 35.7. The van der Waals surface area contributed by atoms with Gasteiger partial charge in [-0.2, -0.15) is 0 Å². The van der Waals surface area contributed by atoms with Crippen molar-refractivity contribution in [3.05, 3.63) is 95.7 Å². The van der Waals surface area contributed by atoms with Crippen molar-refractivity contribution in [2.75, 3.05) is 0 Å². The molecule has 0 atom stereocenters. The molecular weight excluding hydrogens is 446 g/mol. The molecular formula is C26H23N5O2S. The fraction of sp³-hybridized carbons (Fsp3) is 0.115. The molecule has 3 aromatic carbocycles. The number of fused-ring (bicyclic) bond motifs is 2. The number of nitrogens with one attached hydrogen (secondary N) is 4. The highest BCUT2D eigenvalue weighted by Gasteiger charge is 2.10. The Morgan fingerprint density at radius 1 is 0.882 bits per heavy atom. The van der Waals surface area contributed by atoms with E-state index in [1.807, 2.05) is 66.9 Å². The zero-order chi connectivity index (χ0) is 23.3. The molecule has 34 heavy (non-hydrogen) atoms. The van der Waals surface area contributed by atoms with Crippen molar-refractivity contribution in [2.24, 2.45) is 0 Å². The molecule has 2 aromatic heterocycles. The van der Waals surface area contributed by atoms with Gasteiger partial charge in [0.2, 0.25) is 5.91 Å². The molecule has 5 aromatic rings. The molecule has 2 amide bonds. The molecule has 0 unspecified atom stereocenters. The summed E-state index contributed by atoms with van der Waals surface area (Å²) in [5.74, 6) is 0.140. The molecule has 0 aliphatic rings. The number of hydrogen-bond acceptors (Lipinski definition) is 4. The molecule has 0 bridgehead atoms. The number of imidazole rings is 1. The number of H-pyrrole nitrogens is 2. The Bertz CT molecular complexity index is 1420. The van der Waals surface area contributed by atoms with Crippen molar-refractivity contribution in [3.8, 4) is 0 Å². The van der Waals surface area contributed by atoms with Crippen LogP contribution in [-0.4, -0.2) is 26.8 Å². The van der Waals surface area contributed by atoms with Gasteiger partial charge in [-0.1, -0.05) is 54.2 Å². The van der Waals surface area contributed by atoms with Gasteiger partial charge in [0.1, 0.15) is 0 Å². The summed E-state index contributed by atoms with van der Waals surface area (Å²) in [5.41, 5.74) is 10.6. The van der Waals surface area contributed by atoms with Gasteiger partial charge in [-0.3, -0.25) is 20.4 Å². The van der Waals surface area contributed by atoms with Crippen LogP contribution in [0.25, 0.3) is 21.9 Å². The minimum atomic E-state index is -0.350. The highest BCUT2D eigenvalue weighted by molar-refractivity contribution is 7.98. The molecule has 0 aliphatic carbocycles. The van der Waals surface area contributed by atoms with Crippen LogP contribution in [0.5, 0.6) is 0 Å². The minimum absolute atomic E-state index is 0.238. The monoisotopic (exact) mass is 469 g/mol. The summed E-state index contributed by atoms with van der Waals surface area (Å²) in [6.45, 7) is 0. The number of nitrogens with zero attached hydrogens (tertiary/aromatic N) is 1. The van der Waals surface area contributed by atoms with Gasteiger partial charge >= 0.3 is 0 Å². The summed E-state index contributed by atoms with van der Waals surface area (Å²) in [7, 11) is 0. The first kappa shape index (κ1) is 21.8. The van der Waals surface area contributed by atoms with Crippen LogP contribution >= 0.6 is 11.8 Å². The number of aromatic nitrogens is 3. The number of carbonyl (C=O) groups is 2. The van der Waals surface area contributed by atoms with Gasteiger partial charge in [0.05, 0.1) is 11.0 Å². The van der Waals surface area contributed by atoms with E-state index < -0.39 is 0 Å². The largest absolute Gasteiger partial charge is 0.361 e. The number of benzene rings is 3. The van der Waals surface area contributed by atoms with Gasteiger partial charge in [0.25, 0.3) is 5.91 Å². The summed E-state index contributed by atoms with van der Waals surface area (Å²) in [6.07, 6.45) is 2.79. The van der Waals surface area contributed by atoms with E-state index in [1.54, 1.807) is 23.9 Å². The molecule has 0 aliphatic heterocycles. The smallest absolute Gasteiger partial charge is 0.269 e. The third-order valence-corrected chi connectivity index (χ3v) is 6.52. The molecule has 5 rings (SSSR count). The predicted octanol–water partition coefficient (Wildman–Crippen LogP) is 4.73. The lowest BCUT2D eigenvalue weighted by atomic mass is 10.1. The molecule has 170 valence electrons. The number of aromatic amines is 2. The number of rotatable bonds is 7. The fourth-order valence-electron chi connectivity index (χ4n) is 3.75. The van der Waals surface area contributed by atoms with Crippen LogP contribution in [0.2, 0.25) is 0 Å². The second-order valence-electron chi connectivity index (χ2n) is 7.91.